The van der Waals surface area contributed by atoms with Crippen LogP contribution in [-0.4, -0.2) is 51.2 Å². The summed E-state index contributed by atoms with van der Waals surface area (Å²) in [6.45, 7) is 12.4. The van der Waals surface area contributed by atoms with E-state index >= 15 is 0 Å². The second-order valence-corrected chi connectivity index (χ2v) is 7.31. The minimum atomic E-state index is -0.0957. The van der Waals surface area contributed by atoms with Gasteiger partial charge in [0, 0.05) is 43.1 Å². The van der Waals surface area contributed by atoms with Gasteiger partial charge < -0.3 is 4.74 Å². The van der Waals surface area contributed by atoms with Crippen molar-refractivity contribution in [3.63, 3.8) is 0 Å². The van der Waals surface area contributed by atoms with E-state index in [-0.39, 0.29) is 11.3 Å². The van der Waals surface area contributed by atoms with Crippen LogP contribution in [0.3, 0.4) is 0 Å². The fourth-order valence-corrected chi connectivity index (χ4v) is 3.45. The Balaban J connectivity index is 0.00000187. The molecule has 1 atom stereocenters. The number of hydrogen-bond acceptors (Lipinski definition) is 7. The van der Waals surface area contributed by atoms with E-state index in [9.17, 15) is 4.79 Å². The van der Waals surface area contributed by atoms with Crippen LogP contribution in [0.2, 0.25) is 0 Å². The zero-order chi connectivity index (χ0) is 24.2. The molecular weight excluding hydrogens is 416 g/mol. The average Bonchev–Trinajstić information content (AvgIpc) is 2.88. The minimum absolute atomic E-state index is 0.0536. The maximum absolute atomic E-state index is 12.6. The second kappa shape index (κ2) is 13.3. The van der Waals surface area contributed by atoms with E-state index in [2.05, 4.69) is 46.2 Å². The molecule has 1 aliphatic carbocycles. The Kier molecular flexibility index (Phi) is 10.5. The molecule has 178 valence electrons. The summed E-state index contributed by atoms with van der Waals surface area (Å²) in [5, 5.41) is 11.0. The molecule has 1 unspecified atom stereocenters. The van der Waals surface area contributed by atoms with Gasteiger partial charge >= 0.3 is 0 Å². The molecule has 8 heteroatoms. The van der Waals surface area contributed by atoms with Crippen LogP contribution in [0.25, 0.3) is 5.57 Å². The first kappa shape index (κ1) is 26.0. The highest BCUT2D eigenvalue weighted by Crippen LogP contribution is 2.31. The molecular formula is C25H36N6O2. The Morgan fingerprint density at radius 3 is 2.58 bits per heavy atom. The van der Waals surface area contributed by atoms with E-state index in [0.717, 1.165) is 37.1 Å². The summed E-state index contributed by atoms with van der Waals surface area (Å²) in [4.78, 5) is 21.3. The van der Waals surface area contributed by atoms with Crippen molar-refractivity contribution in [2.75, 3.05) is 20.2 Å². The standard InChI is InChI=1S/C23H30N6O2.C2H6/c1-5-28(6-2)26-11-13-29-12-10-21(30)22(27-29)17(3)18-8-7-9-19(14-18)23-24-15-20(31-4)16-25-23;1-2/h9-12,14-17H,5-8,13H2,1-4H3;1-2H3/b26-11-;. The molecule has 0 saturated carbocycles. The Hall–Kier alpha value is -3.29. The number of hydrazone groups is 1. The normalized spacial score (nSPS) is 14.1. The summed E-state index contributed by atoms with van der Waals surface area (Å²) >= 11 is 0. The van der Waals surface area contributed by atoms with E-state index in [1.54, 1.807) is 36.4 Å². The Bertz CT molecular complexity index is 1020. The lowest BCUT2D eigenvalue weighted by atomic mass is 9.88. The zero-order valence-electron chi connectivity index (χ0n) is 20.7. The lowest BCUT2D eigenvalue weighted by Crippen LogP contribution is -2.21. The van der Waals surface area contributed by atoms with Gasteiger partial charge in [-0.05, 0) is 26.7 Å². The van der Waals surface area contributed by atoms with E-state index in [0.29, 0.717) is 23.8 Å². The molecule has 0 fully saturated rings. The average molecular weight is 453 g/mol. The molecule has 0 aromatic carbocycles. The van der Waals surface area contributed by atoms with Crippen LogP contribution in [0.4, 0.5) is 0 Å². The summed E-state index contributed by atoms with van der Waals surface area (Å²) in [5.74, 6) is 1.18. The number of methoxy groups -OCH3 is 1. The highest BCUT2D eigenvalue weighted by atomic mass is 16.5. The summed E-state index contributed by atoms with van der Waals surface area (Å²) in [6.07, 6.45) is 12.8. The van der Waals surface area contributed by atoms with Gasteiger partial charge in [0.1, 0.15) is 5.69 Å². The topological polar surface area (TPSA) is 85.5 Å². The monoisotopic (exact) mass is 452 g/mol. The number of aromatic nitrogens is 4. The van der Waals surface area contributed by atoms with Crippen molar-refractivity contribution in [3.05, 3.63) is 64.1 Å². The van der Waals surface area contributed by atoms with Crippen LogP contribution in [0, 0.1) is 0 Å². The zero-order valence-corrected chi connectivity index (χ0v) is 20.7. The third kappa shape index (κ3) is 7.10. The number of ether oxygens (including phenoxy) is 1. The molecule has 0 radical (unpaired) electrons. The van der Waals surface area contributed by atoms with Crippen LogP contribution < -0.4 is 10.2 Å². The van der Waals surface area contributed by atoms with Gasteiger partial charge in [-0.3, -0.25) is 14.5 Å². The lowest BCUT2D eigenvalue weighted by molar-refractivity contribution is 0.322. The number of allylic oxidation sites excluding steroid dienone is 4. The van der Waals surface area contributed by atoms with E-state index in [4.69, 9.17) is 4.74 Å². The smallest absolute Gasteiger partial charge is 0.203 e. The van der Waals surface area contributed by atoms with Crippen molar-refractivity contribution < 1.29 is 4.74 Å². The van der Waals surface area contributed by atoms with Gasteiger partial charge in [0.25, 0.3) is 0 Å². The predicted molar refractivity (Wildman–Crippen MR) is 134 cm³/mol. The molecule has 0 spiro atoms. The highest BCUT2D eigenvalue weighted by Gasteiger charge is 2.20. The van der Waals surface area contributed by atoms with Gasteiger partial charge in [0.15, 0.2) is 11.6 Å². The molecule has 2 aromatic rings. The highest BCUT2D eigenvalue weighted by molar-refractivity contribution is 5.72. The van der Waals surface area contributed by atoms with Gasteiger partial charge in [-0.1, -0.05) is 38.5 Å². The summed E-state index contributed by atoms with van der Waals surface area (Å²) in [5.41, 5.74) is 2.60. The second-order valence-electron chi connectivity index (χ2n) is 7.31. The van der Waals surface area contributed by atoms with E-state index in [1.165, 1.54) is 0 Å². The first-order valence-corrected chi connectivity index (χ1v) is 11.7. The van der Waals surface area contributed by atoms with Crippen LogP contribution in [0.15, 0.2) is 52.3 Å². The molecule has 33 heavy (non-hydrogen) atoms. The Labute approximate surface area is 196 Å². The maximum atomic E-state index is 12.6. The van der Waals surface area contributed by atoms with Crippen LogP contribution in [-0.2, 0) is 6.54 Å². The quantitative estimate of drug-likeness (QED) is 0.416. The van der Waals surface area contributed by atoms with Crippen LogP contribution in [0.5, 0.6) is 5.75 Å². The maximum Gasteiger partial charge on any atom is 0.203 e. The summed E-state index contributed by atoms with van der Waals surface area (Å²) in [6, 6.07) is 1.58. The molecule has 2 heterocycles. The SMILES string of the molecule is CC.CCN(CC)/N=C\Cn1ccc(=O)c(C(C)C2=CC(c3ncc(OC)cn3)=CCC2)n1. The minimum Gasteiger partial charge on any atom is -0.494 e. The van der Waals surface area contributed by atoms with Gasteiger partial charge in [0.2, 0.25) is 5.43 Å². The van der Waals surface area contributed by atoms with Crippen molar-refractivity contribution in [1.29, 1.82) is 0 Å². The molecule has 0 N–H and O–H groups in total. The van der Waals surface area contributed by atoms with Gasteiger partial charge in [0.05, 0.1) is 26.0 Å². The summed E-state index contributed by atoms with van der Waals surface area (Å²) < 4.78 is 6.89. The number of nitrogens with zero attached hydrogens (tertiary/aromatic N) is 6. The molecule has 2 aromatic heterocycles. The first-order chi connectivity index (χ1) is 16.0. The molecule has 8 nitrogen and oxygen atoms in total. The fourth-order valence-electron chi connectivity index (χ4n) is 3.45. The summed E-state index contributed by atoms with van der Waals surface area (Å²) in [7, 11) is 1.59. The van der Waals surface area contributed by atoms with Gasteiger partial charge in [-0.15, -0.1) is 0 Å². The Morgan fingerprint density at radius 1 is 1.24 bits per heavy atom. The largest absolute Gasteiger partial charge is 0.494 e. The van der Waals surface area contributed by atoms with Gasteiger partial charge in [-0.2, -0.15) is 10.2 Å². The lowest BCUT2D eigenvalue weighted by Gasteiger charge is -2.19. The van der Waals surface area contributed by atoms with Crippen molar-refractivity contribution >= 4 is 11.8 Å². The number of hydrogen-bond donors (Lipinski definition) is 0. The third-order valence-electron chi connectivity index (χ3n) is 5.36. The van der Waals surface area contributed by atoms with Gasteiger partial charge in [-0.25, -0.2) is 9.97 Å². The molecule has 3 rings (SSSR count). The predicted octanol–water partition coefficient (Wildman–Crippen LogP) is 4.30. The van der Waals surface area contributed by atoms with Crippen molar-refractivity contribution in [2.45, 2.75) is 59.9 Å². The van der Waals surface area contributed by atoms with Crippen molar-refractivity contribution in [2.24, 2.45) is 5.10 Å². The first-order valence-electron chi connectivity index (χ1n) is 11.7. The Morgan fingerprint density at radius 2 is 1.94 bits per heavy atom. The third-order valence-corrected chi connectivity index (χ3v) is 5.36. The molecule has 0 aliphatic heterocycles. The van der Waals surface area contributed by atoms with Crippen molar-refractivity contribution in [3.8, 4) is 5.75 Å². The fraction of sp³-hybridized carbons (Fsp3) is 0.480. The molecule has 0 bridgehead atoms. The number of rotatable bonds is 9. The van der Waals surface area contributed by atoms with E-state index in [1.807, 2.05) is 32.0 Å². The van der Waals surface area contributed by atoms with Crippen LogP contribution >= 0.6 is 0 Å². The molecule has 0 saturated heterocycles. The van der Waals surface area contributed by atoms with Crippen molar-refractivity contribution in [1.82, 2.24) is 24.8 Å². The van der Waals surface area contributed by atoms with Crippen LogP contribution in [0.1, 0.15) is 64.9 Å². The molecule has 1 aliphatic rings. The van der Waals surface area contributed by atoms with E-state index < -0.39 is 0 Å². The molecule has 0 amide bonds.